The molecule has 21 heavy (non-hydrogen) atoms. The Morgan fingerprint density at radius 2 is 2.05 bits per heavy atom. The number of pyridine rings is 1. The van der Waals surface area contributed by atoms with Gasteiger partial charge in [-0.25, -0.2) is 10.8 Å². The van der Waals surface area contributed by atoms with Gasteiger partial charge in [0, 0.05) is 17.3 Å². The molecular weight excluding hydrogens is 296 g/mol. The third-order valence-corrected chi connectivity index (χ3v) is 3.03. The topological polar surface area (TPSA) is 98.5 Å². The van der Waals surface area contributed by atoms with Gasteiger partial charge in [0.2, 0.25) is 6.79 Å². The molecule has 1 amide bonds. The number of carbonyl (C=O) groups excluding carboxylic acids is 1. The molecule has 0 saturated carbocycles. The van der Waals surface area contributed by atoms with Gasteiger partial charge in [0.1, 0.15) is 11.0 Å². The van der Waals surface area contributed by atoms with Gasteiger partial charge in [-0.05, 0) is 24.3 Å². The number of aromatic nitrogens is 1. The Kier molecular flexibility index (Phi) is 3.51. The van der Waals surface area contributed by atoms with Gasteiger partial charge in [-0.15, -0.1) is 0 Å². The molecule has 7 nitrogen and oxygen atoms in total. The molecule has 0 bridgehead atoms. The van der Waals surface area contributed by atoms with E-state index in [2.05, 4.69) is 15.7 Å². The molecule has 0 unspecified atom stereocenters. The van der Waals surface area contributed by atoms with E-state index < -0.39 is 0 Å². The van der Waals surface area contributed by atoms with E-state index in [0.29, 0.717) is 28.6 Å². The first-order valence-electron chi connectivity index (χ1n) is 6.01. The molecule has 0 saturated heterocycles. The number of nitrogens with two attached hydrogens (primary N) is 1. The van der Waals surface area contributed by atoms with Gasteiger partial charge in [0.05, 0.1) is 0 Å². The normalized spacial score (nSPS) is 12.1. The molecule has 4 N–H and O–H groups in total. The Morgan fingerprint density at radius 1 is 1.24 bits per heavy atom. The summed E-state index contributed by atoms with van der Waals surface area (Å²) in [6.45, 7) is 0.179. The molecule has 1 aromatic heterocycles. The fraction of sp³-hybridized carbons (Fsp3) is 0.0769. The van der Waals surface area contributed by atoms with E-state index in [1.165, 1.54) is 12.1 Å². The molecule has 1 aromatic carbocycles. The number of benzene rings is 1. The van der Waals surface area contributed by atoms with Gasteiger partial charge < -0.3 is 20.2 Å². The zero-order chi connectivity index (χ0) is 14.8. The van der Waals surface area contributed by atoms with Crippen LogP contribution in [0.1, 0.15) is 10.4 Å². The molecular formula is C13H11ClN4O3. The van der Waals surface area contributed by atoms with Crippen LogP contribution in [0.2, 0.25) is 5.15 Å². The Morgan fingerprint density at radius 3 is 2.86 bits per heavy atom. The minimum atomic E-state index is -0.338. The van der Waals surface area contributed by atoms with Crippen molar-refractivity contribution < 1.29 is 14.3 Å². The Labute approximate surface area is 125 Å². The number of nitrogens with one attached hydrogen (secondary N) is 2. The highest BCUT2D eigenvalue weighted by Gasteiger charge is 2.15. The summed E-state index contributed by atoms with van der Waals surface area (Å²) in [4.78, 5) is 16.1. The van der Waals surface area contributed by atoms with Crippen molar-refractivity contribution in [3.05, 3.63) is 41.0 Å². The van der Waals surface area contributed by atoms with Crippen molar-refractivity contribution in [2.75, 3.05) is 17.5 Å². The van der Waals surface area contributed by atoms with Crippen LogP contribution in [0.15, 0.2) is 30.3 Å². The number of rotatable bonds is 3. The quantitative estimate of drug-likeness (QED) is 0.456. The minimum absolute atomic E-state index is 0.168. The van der Waals surface area contributed by atoms with Crippen molar-refractivity contribution in [1.82, 2.24) is 4.98 Å². The van der Waals surface area contributed by atoms with Crippen LogP contribution in [0, 0.1) is 0 Å². The average Bonchev–Trinajstić information content (AvgIpc) is 2.94. The molecule has 0 fully saturated rings. The van der Waals surface area contributed by atoms with Crippen LogP contribution < -0.4 is 26.1 Å². The van der Waals surface area contributed by atoms with Crippen LogP contribution in [0.3, 0.4) is 0 Å². The number of hydrogen-bond acceptors (Lipinski definition) is 6. The average molecular weight is 307 g/mol. The number of ether oxygens (including phenoxy) is 2. The molecule has 0 radical (unpaired) electrons. The maximum Gasteiger partial charge on any atom is 0.255 e. The minimum Gasteiger partial charge on any atom is -0.454 e. The van der Waals surface area contributed by atoms with Crippen molar-refractivity contribution in [2.45, 2.75) is 0 Å². The number of fused-ring (bicyclic) bond motifs is 1. The molecule has 0 atom stereocenters. The zero-order valence-corrected chi connectivity index (χ0v) is 11.5. The first kappa shape index (κ1) is 13.5. The van der Waals surface area contributed by atoms with Crippen LogP contribution in [0.4, 0.5) is 11.5 Å². The fourth-order valence-electron chi connectivity index (χ4n) is 1.88. The van der Waals surface area contributed by atoms with E-state index in [9.17, 15) is 4.79 Å². The summed E-state index contributed by atoms with van der Waals surface area (Å²) in [6, 6.07) is 8.07. The van der Waals surface area contributed by atoms with E-state index in [1.807, 2.05) is 0 Å². The lowest BCUT2D eigenvalue weighted by molar-refractivity contribution is 0.102. The Balaban J connectivity index is 1.81. The lowest BCUT2D eigenvalue weighted by Crippen LogP contribution is -2.14. The second-order valence-electron chi connectivity index (χ2n) is 4.23. The largest absolute Gasteiger partial charge is 0.454 e. The van der Waals surface area contributed by atoms with Crippen LogP contribution in [-0.2, 0) is 0 Å². The number of hydrogen-bond donors (Lipinski definition) is 3. The number of hydrazine groups is 1. The maximum atomic E-state index is 12.2. The Hall–Kier alpha value is -2.51. The number of halogens is 1. The monoisotopic (exact) mass is 306 g/mol. The maximum absolute atomic E-state index is 12.2. The van der Waals surface area contributed by atoms with Crippen molar-refractivity contribution in [3.63, 3.8) is 0 Å². The summed E-state index contributed by atoms with van der Waals surface area (Å²) in [5.74, 6) is 6.47. The van der Waals surface area contributed by atoms with Crippen LogP contribution in [0.5, 0.6) is 11.5 Å². The summed E-state index contributed by atoms with van der Waals surface area (Å²) < 4.78 is 10.5. The van der Waals surface area contributed by atoms with Gasteiger partial charge >= 0.3 is 0 Å². The lowest BCUT2D eigenvalue weighted by atomic mass is 10.2. The van der Waals surface area contributed by atoms with Crippen molar-refractivity contribution in [2.24, 2.45) is 5.84 Å². The molecule has 1 aliphatic heterocycles. The van der Waals surface area contributed by atoms with Crippen LogP contribution in [0.25, 0.3) is 0 Å². The van der Waals surface area contributed by atoms with Gasteiger partial charge in [-0.2, -0.15) is 0 Å². The highest BCUT2D eigenvalue weighted by Crippen LogP contribution is 2.34. The van der Waals surface area contributed by atoms with Crippen molar-refractivity contribution in [1.29, 1.82) is 0 Å². The van der Waals surface area contributed by atoms with Gasteiger partial charge in [-0.1, -0.05) is 11.6 Å². The van der Waals surface area contributed by atoms with E-state index in [0.717, 1.165) is 0 Å². The standard InChI is InChI=1S/C13H11ClN4O3/c14-11-3-7(4-12(17-11)18-15)13(19)16-8-1-2-9-10(5-8)21-6-20-9/h1-5H,6,15H2,(H,16,19)(H,17,18). The smallest absolute Gasteiger partial charge is 0.255 e. The number of nitrogens with zero attached hydrogens (tertiary/aromatic N) is 1. The van der Waals surface area contributed by atoms with E-state index in [4.69, 9.17) is 26.9 Å². The summed E-state index contributed by atoms with van der Waals surface area (Å²) in [5.41, 5.74) is 3.27. The summed E-state index contributed by atoms with van der Waals surface area (Å²) in [5, 5.41) is 2.90. The zero-order valence-electron chi connectivity index (χ0n) is 10.7. The van der Waals surface area contributed by atoms with E-state index in [1.54, 1.807) is 18.2 Å². The molecule has 0 spiro atoms. The van der Waals surface area contributed by atoms with Crippen LogP contribution in [-0.4, -0.2) is 17.7 Å². The molecule has 2 heterocycles. The lowest BCUT2D eigenvalue weighted by Gasteiger charge is -2.08. The molecule has 1 aliphatic rings. The van der Waals surface area contributed by atoms with Gasteiger partial charge in [0.15, 0.2) is 11.5 Å². The van der Waals surface area contributed by atoms with Gasteiger partial charge in [0.25, 0.3) is 5.91 Å². The number of nitrogen functional groups attached to an aromatic ring is 1. The third kappa shape index (κ3) is 2.83. The number of amides is 1. The predicted octanol–water partition coefficient (Wildman–Crippen LogP) is 2.00. The molecule has 3 rings (SSSR count). The summed E-state index contributed by atoms with van der Waals surface area (Å²) in [7, 11) is 0. The highest BCUT2D eigenvalue weighted by molar-refractivity contribution is 6.30. The predicted molar refractivity (Wildman–Crippen MR) is 77.6 cm³/mol. The summed E-state index contributed by atoms with van der Waals surface area (Å²) in [6.07, 6.45) is 0. The molecule has 2 aromatic rings. The van der Waals surface area contributed by atoms with Crippen molar-refractivity contribution >= 4 is 29.0 Å². The van der Waals surface area contributed by atoms with Gasteiger partial charge in [-0.3, -0.25) is 4.79 Å². The fourth-order valence-corrected chi connectivity index (χ4v) is 2.09. The highest BCUT2D eigenvalue weighted by atomic mass is 35.5. The molecule has 0 aliphatic carbocycles. The first-order valence-corrected chi connectivity index (χ1v) is 6.39. The van der Waals surface area contributed by atoms with Crippen molar-refractivity contribution in [3.8, 4) is 11.5 Å². The second kappa shape index (κ2) is 5.47. The molecule has 8 heteroatoms. The Bertz CT molecular complexity index is 708. The number of carbonyl (C=O) groups is 1. The first-order chi connectivity index (χ1) is 10.2. The van der Waals surface area contributed by atoms with E-state index >= 15 is 0 Å². The number of anilines is 2. The van der Waals surface area contributed by atoms with Crippen LogP contribution >= 0.6 is 11.6 Å². The third-order valence-electron chi connectivity index (χ3n) is 2.83. The molecule has 108 valence electrons. The SMILES string of the molecule is NNc1cc(C(=O)Nc2ccc3c(c2)OCO3)cc(Cl)n1. The van der Waals surface area contributed by atoms with E-state index in [-0.39, 0.29) is 17.9 Å². The summed E-state index contributed by atoms with van der Waals surface area (Å²) >= 11 is 5.83. The second-order valence-corrected chi connectivity index (χ2v) is 4.62.